The van der Waals surface area contributed by atoms with E-state index >= 15 is 0 Å². The zero-order valence-electron chi connectivity index (χ0n) is 19.0. The zero-order valence-corrected chi connectivity index (χ0v) is 20.6. The number of sulfonamides is 1. The van der Waals surface area contributed by atoms with Crippen LogP contribution >= 0.6 is 11.6 Å². The van der Waals surface area contributed by atoms with E-state index in [4.69, 9.17) is 11.6 Å². The summed E-state index contributed by atoms with van der Waals surface area (Å²) in [6, 6.07) is 14.5. The molecule has 0 spiro atoms. The topological polar surface area (TPSA) is 102 Å². The lowest BCUT2D eigenvalue weighted by Gasteiger charge is -2.14. The van der Waals surface area contributed by atoms with Gasteiger partial charge in [-0.1, -0.05) is 23.7 Å². The molecule has 2 N–H and O–H groups in total. The van der Waals surface area contributed by atoms with E-state index < -0.39 is 15.9 Å². The number of nitrogens with one attached hydrogen (secondary N) is 2. The first-order valence-electron chi connectivity index (χ1n) is 10.3. The summed E-state index contributed by atoms with van der Waals surface area (Å²) in [7, 11) is -0.731. The number of carbonyl (C=O) groups is 1. The predicted octanol–water partition coefficient (Wildman–Crippen LogP) is 4.20. The van der Waals surface area contributed by atoms with Crippen molar-refractivity contribution in [1.82, 2.24) is 9.13 Å². The standard InChI is InChI=1S/C24H23ClN4O4S/c1-14-6-5-7-19(15(14)2)27-34(32,33)22-12-16(8-10-18(22)25)23(30)26-17-9-11-20-21(13-17)29(4)24(31)28(20)3/h5-13,27H,1-4H3,(H,26,30). The summed E-state index contributed by atoms with van der Waals surface area (Å²) in [6.45, 7) is 3.70. The minimum atomic E-state index is -4.05. The van der Waals surface area contributed by atoms with Gasteiger partial charge in [0.25, 0.3) is 15.9 Å². The maximum Gasteiger partial charge on any atom is 0.328 e. The van der Waals surface area contributed by atoms with Crippen molar-refractivity contribution < 1.29 is 13.2 Å². The fourth-order valence-electron chi connectivity index (χ4n) is 3.70. The van der Waals surface area contributed by atoms with Crippen LogP contribution in [0.3, 0.4) is 0 Å². The second-order valence-corrected chi connectivity index (χ2v) is 10.1. The maximum atomic E-state index is 13.1. The van der Waals surface area contributed by atoms with Crippen molar-refractivity contribution in [3.63, 3.8) is 0 Å². The molecule has 0 saturated heterocycles. The summed E-state index contributed by atoms with van der Waals surface area (Å²) in [6.07, 6.45) is 0. The van der Waals surface area contributed by atoms with Crippen LogP contribution in [-0.4, -0.2) is 23.5 Å². The number of aromatic nitrogens is 2. The highest BCUT2D eigenvalue weighted by Crippen LogP contribution is 2.28. The van der Waals surface area contributed by atoms with Gasteiger partial charge in [-0.25, -0.2) is 13.2 Å². The first-order chi connectivity index (χ1) is 16.0. The highest BCUT2D eigenvalue weighted by Gasteiger charge is 2.21. The lowest BCUT2D eigenvalue weighted by Crippen LogP contribution is -2.19. The Morgan fingerprint density at radius 3 is 2.38 bits per heavy atom. The number of fused-ring (bicyclic) bond motifs is 1. The van der Waals surface area contributed by atoms with Crippen LogP contribution < -0.4 is 15.7 Å². The van der Waals surface area contributed by atoms with Crippen molar-refractivity contribution in [1.29, 1.82) is 0 Å². The largest absolute Gasteiger partial charge is 0.328 e. The van der Waals surface area contributed by atoms with Crippen LogP contribution in [0.1, 0.15) is 21.5 Å². The van der Waals surface area contributed by atoms with E-state index in [0.717, 1.165) is 16.6 Å². The van der Waals surface area contributed by atoms with Crippen LogP contribution in [0.15, 0.2) is 64.3 Å². The number of hydrogen-bond acceptors (Lipinski definition) is 4. The quantitative estimate of drug-likeness (QED) is 0.430. The third kappa shape index (κ3) is 4.20. The molecular formula is C24H23ClN4O4S. The molecule has 10 heteroatoms. The Morgan fingerprint density at radius 1 is 0.941 bits per heavy atom. The number of halogens is 1. The van der Waals surface area contributed by atoms with Crippen LogP contribution in [0.5, 0.6) is 0 Å². The molecule has 4 rings (SSSR count). The van der Waals surface area contributed by atoms with E-state index in [1.54, 1.807) is 44.4 Å². The first kappa shape index (κ1) is 23.6. The minimum absolute atomic E-state index is 0.00457. The highest BCUT2D eigenvalue weighted by atomic mass is 35.5. The number of carbonyl (C=O) groups excluding carboxylic acids is 1. The van der Waals surface area contributed by atoms with E-state index in [-0.39, 0.29) is 21.2 Å². The van der Waals surface area contributed by atoms with Gasteiger partial charge in [0, 0.05) is 25.3 Å². The Hall–Kier alpha value is -3.56. The van der Waals surface area contributed by atoms with Gasteiger partial charge < -0.3 is 5.32 Å². The van der Waals surface area contributed by atoms with E-state index in [1.165, 1.54) is 27.3 Å². The molecule has 0 radical (unpaired) electrons. The number of amides is 1. The molecule has 0 fully saturated rings. The Morgan fingerprint density at radius 2 is 1.65 bits per heavy atom. The summed E-state index contributed by atoms with van der Waals surface area (Å²) in [4.78, 5) is 24.8. The molecule has 1 heterocycles. The average molecular weight is 499 g/mol. The Labute approximate surface area is 201 Å². The molecule has 1 amide bonds. The van der Waals surface area contributed by atoms with E-state index in [0.29, 0.717) is 16.9 Å². The van der Waals surface area contributed by atoms with Gasteiger partial charge in [-0.05, 0) is 67.4 Å². The molecule has 176 valence electrons. The molecule has 34 heavy (non-hydrogen) atoms. The summed E-state index contributed by atoms with van der Waals surface area (Å²) in [5, 5.41) is 2.74. The molecule has 0 aliphatic rings. The van der Waals surface area contributed by atoms with E-state index in [9.17, 15) is 18.0 Å². The highest BCUT2D eigenvalue weighted by molar-refractivity contribution is 7.92. The van der Waals surface area contributed by atoms with Gasteiger partial charge >= 0.3 is 5.69 Å². The molecule has 0 unspecified atom stereocenters. The number of aryl methyl sites for hydroxylation is 3. The number of hydrogen-bond donors (Lipinski definition) is 2. The van der Waals surface area contributed by atoms with Crippen LogP contribution in [0.2, 0.25) is 5.02 Å². The number of imidazole rings is 1. The van der Waals surface area contributed by atoms with Crippen LogP contribution in [-0.2, 0) is 24.1 Å². The SMILES string of the molecule is Cc1cccc(NS(=O)(=O)c2cc(C(=O)Nc3ccc4c(c3)n(C)c(=O)n4C)ccc2Cl)c1C. The monoisotopic (exact) mass is 498 g/mol. The van der Waals surface area contributed by atoms with Gasteiger partial charge in [-0.2, -0.15) is 0 Å². The molecule has 0 saturated carbocycles. The lowest BCUT2D eigenvalue weighted by atomic mass is 10.1. The van der Waals surface area contributed by atoms with E-state index in [1.807, 2.05) is 19.9 Å². The third-order valence-electron chi connectivity index (χ3n) is 5.86. The van der Waals surface area contributed by atoms with Gasteiger partial charge in [0.1, 0.15) is 4.90 Å². The zero-order chi connectivity index (χ0) is 24.8. The molecule has 0 bridgehead atoms. The third-order valence-corrected chi connectivity index (χ3v) is 7.71. The summed E-state index contributed by atoms with van der Waals surface area (Å²) in [5.74, 6) is -0.514. The Balaban J connectivity index is 1.64. The van der Waals surface area contributed by atoms with Crippen LogP contribution in [0.4, 0.5) is 11.4 Å². The van der Waals surface area contributed by atoms with Crippen molar-refractivity contribution >= 4 is 49.9 Å². The second-order valence-electron chi connectivity index (χ2n) is 8.06. The average Bonchev–Trinajstić information content (AvgIpc) is 3.00. The van der Waals surface area contributed by atoms with Crippen LogP contribution in [0, 0.1) is 13.8 Å². The molecule has 4 aromatic rings. The number of rotatable bonds is 5. The molecule has 0 aliphatic carbocycles. The van der Waals surface area contributed by atoms with Crippen molar-refractivity contribution in [2.45, 2.75) is 18.7 Å². The number of anilines is 2. The van der Waals surface area contributed by atoms with Gasteiger partial charge in [0.2, 0.25) is 0 Å². The molecular weight excluding hydrogens is 476 g/mol. The minimum Gasteiger partial charge on any atom is -0.322 e. The smallest absolute Gasteiger partial charge is 0.322 e. The maximum absolute atomic E-state index is 13.1. The van der Waals surface area contributed by atoms with E-state index in [2.05, 4.69) is 10.0 Å². The molecule has 1 aromatic heterocycles. The predicted molar refractivity (Wildman–Crippen MR) is 134 cm³/mol. The van der Waals surface area contributed by atoms with Gasteiger partial charge in [-0.15, -0.1) is 0 Å². The van der Waals surface area contributed by atoms with Crippen molar-refractivity contribution in [3.8, 4) is 0 Å². The second kappa shape index (κ2) is 8.66. The van der Waals surface area contributed by atoms with Gasteiger partial charge in [0.15, 0.2) is 0 Å². The van der Waals surface area contributed by atoms with Crippen molar-refractivity contribution in [2.75, 3.05) is 10.0 Å². The molecule has 0 aliphatic heterocycles. The number of nitrogens with zero attached hydrogens (tertiary/aromatic N) is 2. The fraction of sp³-hybridized carbons (Fsp3) is 0.167. The van der Waals surface area contributed by atoms with Gasteiger partial charge in [0.05, 0.1) is 21.7 Å². The molecule has 0 atom stereocenters. The molecule has 8 nitrogen and oxygen atoms in total. The Bertz CT molecular complexity index is 1620. The molecule has 3 aromatic carbocycles. The van der Waals surface area contributed by atoms with Crippen molar-refractivity contribution in [3.05, 3.63) is 86.8 Å². The van der Waals surface area contributed by atoms with Crippen LogP contribution in [0.25, 0.3) is 11.0 Å². The van der Waals surface area contributed by atoms with Crippen molar-refractivity contribution in [2.24, 2.45) is 14.1 Å². The normalized spacial score (nSPS) is 11.6. The Kier molecular flexibility index (Phi) is 6.01. The summed E-state index contributed by atoms with van der Waals surface area (Å²) < 4.78 is 31.7. The van der Waals surface area contributed by atoms with Gasteiger partial charge in [-0.3, -0.25) is 18.7 Å². The fourth-order valence-corrected chi connectivity index (χ4v) is 5.35. The summed E-state index contributed by atoms with van der Waals surface area (Å²) >= 11 is 6.20. The first-order valence-corrected chi connectivity index (χ1v) is 12.2. The number of benzene rings is 3. The lowest BCUT2D eigenvalue weighted by molar-refractivity contribution is 0.102. The summed E-state index contributed by atoms with van der Waals surface area (Å²) in [5.41, 5.74) is 3.95.